The van der Waals surface area contributed by atoms with E-state index in [-0.39, 0.29) is 11.7 Å². The van der Waals surface area contributed by atoms with Crippen LogP contribution in [-0.2, 0) is 4.79 Å². The highest BCUT2D eigenvalue weighted by Gasteiger charge is 2.04. The molecule has 0 spiro atoms. The summed E-state index contributed by atoms with van der Waals surface area (Å²) in [5, 5.41) is 0. The second-order valence-electron chi connectivity index (χ2n) is 4.87. The fourth-order valence-corrected chi connectivity index (χ4v) is 1.85. The van der Waals surface area contributed by atoms with Crippen molar-refractivity contribution in [1.82, 2.24) is 4.90 Å². The van der Waals surface area contributed by atoms with Gasteiger partial charge in [0.25, 0.3) is 0 Å². The minimum absolute atomic E-state index is 0.176. The zero-order valence-electron chi connectivity index (χ0n) is 12.1. The molecule has 2 rings (SSSR count). The highest BCUT2D eigenvalue weighted by atomic mass is 16.2. The number of benzene rings is 2. The summed E-state index contributed by atoms with van der Waals surface area (Å²) in [6.07, 6.45) is 2.59. The minimum Gasteiger partial charge on any atom is -0.345 e. The van der Waals surface area contributed by atoms with Crippen LogP contribution < -0.4 is 0 Å². The van der Waals surface area contributed by atoms with Gasteiger partial charge in [-0.15, -0.1) is 0 Å². The molecule has 0 saturated heterocycles. The predicted octanol–water partition coefficient (Wildman–Crippen LogP) is 3.18. The van der Waals surface area contributed by atoms with E-state index in [1.54, 1.807) is 26.2 Å². The molecule has 0 aromatic heterocycles. The van der Waals surface area contributed by atoms with Crippen molar-refractivity contribution in [2.75, 3.05) is 14.1 Å². The molecule has 2 aromatic carbocycles. The van der Waals surface area contributed by atoms with Crippen LogP contribution in [0.25, 0.3) is 11.1 Å². The first-order valence-electron chi connectivity index (χ1n) is 6.67. The number of likely N-dealkylation sites (N-methyl/N-ethyl adjacent to an activating group) is 1. The standard InChI is InChI=1S/C18H17NO2/c1-19(2)18(21)13-12-17(20)16-10-8-15(9-11-16)14-6-4-3-5-7-14/h3-13H,1-2H3/b13-12+. The largest absolute Gasteiger partial charge is 0.345 e. The molecule has 0 aliphatic carbocycles. The maximum atomic E-state index is 12.0. The van der Waals surface area contributed by atoms with E-state index in [2.05, 4.69) is 0 Å². The molecule has 0 fully saturated rings. The molecule has 3 heteroatoms. The summed E-state index contributed by atoms with van der Waals surface area (Å²) < 4.78 is 0. The normalized spacial score (nSPS) is 10.6. The molecule has 0 aliphatic rings. The van der Waals surface area contributed by atoms with Gasteiger partial charge in [-0.3, -0.25) is 9.59 Å². The topological polar surface area (TPSA) is 37.4 Å². The zero-order chi connectivity index (χ0) is 15.2. The van der Waals surface area contributed by atoms with Crippen molar-refractivity contribution < 1.29 is 9.59 Å². The highest BCUT2D eigenvalue weighted by molar-refractivity contribution is 6.07. The summed E-state index contributed by atoms with van der Waals surface area (Å²) in [5.74, 6) is -0.380. The summed E-state index contributed by atoms with van der Waals surface area (Å²) in [7, 11) is 3.29. The fraction of sp³-hybridized carbons (Fsp3) is 0.111. The van der Waals surface area contributed by atoms with Gasteiger partial charge in [-0.2, -0.15) is 0 Å². The zero-order valence-corrected chi connectivity index (χ0v) is 12.1. The lowest BCUT2D eigenvalue weighted by atomic mass is 10.0. The Morgan fingerprint density at radius 2 is 1.38 bits per heavy atom. The number of ketones is 1. The van der Waals surface area contributed by atoms with Crippen molar-refractivity contribution >= 4 is 11.7 Å². The lowest BCUT2D eigenvalue weighted by molar-refractivity contribution is -0.123. The molecular weight excluding hydrogens is 262 g/mol. The van der Waals surface area contributed by atoms with Gasteiger partial charge < -0.3 is 4.90 Å². The van der Waals surface area contributed by atoms with Crippen LogP contribution in [0.4, 0.5) is 0 Å². The molecule has 106 valence electrons. The Balaban J connectivity index is 2.12. The van der Waals surface area contributed by atoms with Crippen molar-refractivity contribution in [3.8, 4) is 11.1 Å². The van der Waals surface area contributed by atoms with Gasteiger partial charge >= 0.3 is 0 Å². The molecule has 0 heterocycles. The van der Waals surface area contributed by atoms with Gasteiger partial charge in [0.15, 0.2) is 5.78 Å². The van der Waals surface area contributed by atoms with Gasteiger partial charge in [0, 0.05) is 25.7 Å². The first kappa shape index (κ1) is 14.7. The van der Waals surface area contributed by atoms with E-state index in [1.165, 1.54) is 17.1 Å². The number of nitrogens with zero attached hydrogens (tertiary/aromatic N) is 1. The lowest BCUT2D eigenvalue weighted by Crippen LogP contribution is -2.19. The van der Waals surface area contributed by atoms with Gasteiger partial charge in [0.1, 0.15) is 0 Å². The molecule has 0 saturated carbocycles. The number of hydrogen-bond donors (Lipinski definition) is 0. The quantitative estimate of drug-likeness (QED) is 0.636. The van der Waals surface area contributed by atoms with Crippen molar-refractivity contribution in [3.05, 3.63) is 72.3 Å². The summed E-state index contributed by atoms with van der Waals surface area (Å²) in [4.78, 5) is 24.8. The molecule has 0 unspecified atom stereocenters. The van der Waals surface area contributed by atoms with Crippen molar-refractivity contribution in [2.24, 2.45) is 0 Å². The van der Waals surface area contributed by atoms with Crippen molar-refractivity contribution in [2.45, 2.75) is 0 Å². The van der Waals surface area contributed by atoms with Crippen LogP contribution in [0.5, 0.6) is 0 Å². The smallest absolute Gasteiger partial charge is 0.246 e. The van der Waals surface area contributed by atoms with E-state index in [1.807, 2.05) is 42.5 Å². The number of amides is 1. The Morgan fingerprint density at radius 1 is 0.810 bits per heavy atom. The molecule has 1 amide bonds. The van der Waals surface area contributed by atoms with Gasteiger partial charge in [0.2, 0.25) is 5.91 Å². The number of rotatable bonds is 4. The summed E-state index contributed by atoms with van der Waals surface area (Å²) in [5.41, 5.74) is 2.73. The Bertz CT molecular complexity index is 655. The van der Waals surface area contributed by atoms with Crippen LogP contribution in [0.2, 0.25) is 0 Å². The lowest BCUT2D eigenvalue weighted by Gasteiger charge is -2.05. The molecular formula is C18H17NO2. The Hall–Kier alpha value is -2.68. The third-order valence-electron chi connectivity index (χ3n) is 3.09. The number of carbonyl (C=O) groups is 2. The summed E-state index contributed by atoms with van der Waals surface area (Å²) in [6.45, 7) is 0. The average molecular weight is 279 g/mol. The Kier molecular flexibility index (Phi) is 4.67. The maximum absolute atomic E-state index is 12.0. The van der Waals surface area contributed by atoms with E-state index in [0.29, 0.717) is 5.56 Å². The molecule has 0 radical (unpaired) electrons. The van der Waals surface area contributed by atoms with Crippen LogP contribution in [0.1, 0.15) is 10.4 Å². The summed E-state index contributed by atoms with van der Waals surface area (Å²) in [6, 6.07) is 17.3. The third kappa shape index (κ3) is 3.89. The molecule has 0 atom stereocenters. The Morgan fingerprint density at radius 3 is 1.95 bits per heavy atom. The number of hydrogen-bond acceptors (Lipinski definition) is 2. The minimum atomic E-state index is -0.204. The fourth-order valence-electron chi connectivity index (χ4n) is 1.85. The predicted molar refractivity (Wildman–Crippen MR) is 84.0 cm³/mol. The second kappa shape index (κ2) is 6.66. The van der Waals surface area contributed by atoms with Crippen LogP contribution in [0.15, 0.2) is 66.7 Å². The van der Waals surface area contributed by atoms with Crippen LogP contribution in [-0.4, -0.2) is 30.7 Å². The molecule has 21 heavy (non-hydrogen) atoms. The molecule has 2 aromatic rings. The maximum Gasteiger partial charge on any atom is 0.246 e. The van der Waals surface area contributed by atoms with Gasteiger partial charge in [-0.25, -0.2) is 0 Å². The highest BCUT2D eigenvalue weighted by Crippen LogP contribution is 2.19. The van der Waals surface area contributed by atoms with Crippen LogP contribution in [0, 0.1) is 0 Å². The van der Waals surface area contributed by atoms with Gasteiger partial charge in [-0.1, -0.05) is 54.6 Å². The van der Waals surface area contributed by atoms with Crippen LogP contribution in [0.3, 0.4) is 0 Å². The third-order valence-corrected chi connectivity index (χ3v) is 3.09. The van der Waals surface area contributed by atoms with E-state index in [9.17, 15) is 9.59 Å². The SMILES string of the molecule is CN(C)C(=O)/C=C/C(=O)c1ccc(-c2ccccc2)cc1. The second-order valence-corrected chi connectivity index (χ2v) is 4.87. The molecule has 0 aliphatic heterocycles. The van der Waals surface area contributed by atoms with E-state index in [0.717, 1.165) is 11.1 Å². The van der Waals surface area contributed by atoms with Crippen molar-refractivity contribution in [1.29, 1.82) is 0 Å². The number of carbonyl (C=O) groups excluding carboxylic acids is 2. The van der Waals surface area contributed by atoms with Gasteiger partial charge in [-0.05, 0) is 17.2 Å². The van der Waals surface area contributed by atoms with E-state index < -0.39 is 0 Å². The monoisotopic (exact) mass is 279 g/mol. The first-order chi connectivity index (χ1) is 10.1. The van der Waals surface area contributed by atoms with Gasteiger partial charge in [0.05, 0.1) is 0 Å². The van der Waals surface area contributed by atoms with Crippen molar-refractivity contribution in [3.63, 3.8) is 0 Å². The molecule has 0 N–H and O–H groups in total. The summed E-state index contributed by atoms with van der Waals surface area (Å²) >= 11 is 0. The van der Waals surface area contributed by atoms with Crippen LogP contribution >= 0.6 is 0 Å². The Labute approximate surface area is 124 Å². The molecule has 3 nitrogen and oxygen atoms in total. The first-order valence-corrected chi connectivity index (χ1v) is 6.67. The molecule has 0 bridgehead atoms. The van der Waals surface area contributed by atoms with E-state index in [4.69, 9.17) is 0 Å². The van der Waals surface area contributed by atoms with E-state index >= 15 is 0 Å². The average Bonchev–Trinajstić information content (AvgIpc) is 2.53. The number of allylic oxidation sites excluding steroid dienone is 1.